The summed E-state index contributed by atoms with van der Waals surface area (Å²) < 4.78 is 0. The van der Waals surface area contributed by atoms with Gasteiger partial charge in [0.1, 0.15) is 0 Å². The summed E-state index contributed by atoms with van der Waals surface area (Å²) in [4.78, 5) is 2.60. The number of benzene rings is 1. The molecule has 0 radical (unpaired) electrons. The summed E-state index contributed by atoms with van der Waals surface area (Å²) in [5.74, 6) is 0.777. The van der Waals surface area contributed by atoms with Crippen LogP contribution in [0.1, 0.15) is 32.3 Å². The van der Waals surface area contributed by atoms with E-state index in [1.165, 1.54) is 38.0 Å². The van der Waals surface area contributed by atoms with E-state index in [1.807, 2.05) is 0 Å². The van der Waals surface area contributed by atoms with Crippen molar-refractivity contribution in [1.82, 2.24) is 10.2 Å². The Bertz CT molecular complexity index is 334. The van der Waals surface area contributed by atoms with Crippen LogP contribution in [0.5, 0.6) is 0 Å². The van der Waals surface area contributed by atoms with Crippen LogP contribution in [0.3, 0.4) is 0 Å². The number of rotatable bonds is 4. The van der Waals surface area contributed by atoms with Crippen molar-refractivity contribution in [3.63, 3.8) is 0 Å². The number of nitrogens with one attached hydrogen (secondary N) is 1. The lowest BCUT2D eigenvalue weighted by Gasteiger charge is -2.25. The van der Waals surface area contributed by atoms with Gasteiger partial charge in [-0.25, -0.2) is 0 Å². The van der Waals surface area contributed by atoms with Crippen LogP contribution in [0.25, 0.3) is 0 Å². The van der Waals surface area contributed by atoms with Crippen LogP contribution in [0.4, 0.5) is 0 Å². The van der Waals surface area contributed by atoms with E-state index in [1.54, 1.807) is 0 Å². The van der Waals surface area contributed by atoms with E-state index < -0.39 is 0 Å². The van der Waals surface area contributed by atoms with Crippen molar-refractivity contribution < 1.29 is 0 Å². The largest absolute Gasteiger partial charge is 0.313 e. The summed E-state index contributed by atoms with van der Waals surface area (Å²) >= 11 is 0. The van der Waals surface area contributed by atoms with Crippen LogP contribution in [-0.4, -0.2) is 30.6 Å². The maximum absolute atomic E-state index is 3.69. The van der Waals surface area contributed by atoms with Gasteiger partial charge in [-0.3, -0.25) is 4.90 Å². The third-order valence-corrected chi connectivity index (χ3v) is 3.57. The normalized spacial score (nSPS) is 22.1. The van der Waals surface area contributed by atoms with Gasteiger partial charge in [0.2, 0.25) is 0 Å². The maximum Gasteiger partial charge on any atom is 0.0234 e. The SMILES string of the molecule is CC(C)CC1CN(Cc2ccccc2)CCCN1. The van der Waals surface area contributed by atoms with E-state index in [0.29, 0.717) is 6.04 Å². The first kappa shape index (κ1) is 13.6. The Labute approximate surface area is 111 Å². The van der Waals surface area contributed by atoms with E-state index in [0.717, 1.165) is 12.5 Å². The van der Waals surface area contributed by atoms with Crippen molar-refractivity contribution in [3.05, 3.63) is 35.9 Å². The molecule has 1 saturated heterocycles. The van der Waals surface area contributed by atoms with Crippen molar-refractivity contribution in [2.45, 2.75) is 39.3 Å². The third kappa shape index (κ3) is 4.43. The van der Waals surface area contributed by atoms with Crippen molar-refractivity contribution in [3.8, 4) is 0 Å². The van der Waals surface area contributed by atoms with Gasteiger partial charge in [0.15, 0.2) is 0 Å². The summed E-state index contributed by atoms with van der Waals surface area (Å²) in [6.45, 7) is 9.30. The summed E-state index contributed by atoms with van der Waals surface area (Å²) in [5, 5.41) is 3.69. The van der Waals surface area contributed by atoms with Crippen LogP contribution in [-0.2, 0) is 6.54 Å². The second-order valence-corrected chi connectivity index (χ2v) is 5.85. The Morgan fingerprint density at radius 2 is 2.06 bits per heavy atom. The summed E-state index contributed by atoms with van der Waals surface area (Å²) in [6, 6.07) is 11.5. The second kappa shape index (κ2) is 6.91. The molecule has 0 bridgehead atoms. The molecule has 100 valence electrons. The first-order valence-corrected chi connectivity index (χ1v) is 7.23. The van der Waals surface area contributed by atoms with E-state index in [-0.39, 0.29) is 0 Å². The molecule has 1 unspecified atom stereocenters. The van der Waals surface area contributed by atoms with Gasteiger partial charge in [-0.15, -0.1) is 0 Å². The quantitative estimate of drug-likeness (QED) is 0.879. The minimum atomic E-state index is 0.663. The minimum absolute atomic E-state index is 0.663. The molecule has 0 aliphatic carbocycles. The van der Waals surface area contributed by atoms with Crippen LogP contribution < -0.4 is 5.32 Å². The second-order valence-electron chi connectivity index (χ2n) is 5.85. The van der Waals surface area contributed by atoms with E-state index in [4.69, 9.17) is 0 Å². The molecule has 1 N–H and O–H groups in total. The van der Waals surface area contributed by atoms with Gasteiger partial charge in [-0.2, -0.15) is 0 Å². The Balaban J connectivity index is 1.91. The molecule has 1 aromatic carbocycles. The zero-order valence-electron chi connectivity index (χ0n) is 11.7. The van der Waals surface area contributed by atoms with Crippen molar-refractivity contribution in [2.75, 3.05) is 19.6 Å². The molecular weight excluding hydrogens is 220 g/mol. The number of hydrogen-bond acceptors (Lipinski definition) is 2. The smallest absolute Gasteiger partial charge is 0.0234 e. The molecule has 2 heteroatoms. The molecule has 2 nitrogen and oxygen atoms in total. The lowest BCUT2D eigenvalue weighted by atomic mass is 10.0. The highest BCUT2D eigenvalue weighted by Crippen LogP contribution is 2.12. The fraction of sp³-hybridized carbons (Fsp3) is 0.625. The van der Waals surface area contributed by atoms with E-state index in [2.05, 4.69) is 54.4 Å². The lowest BCUT2D eigenvalue weighted by Crippen LogP contribution is -2.38. The maximum atomic E-state index is 3.69. The minimum Gasteiger partial charge on any atom is -0.313 e. The third-order valence-electron chi connectivity index (χ3n) is 3.57. The van der Waals surface area contributed by atoms with Crippen LogP contribution >= 0.6 is 0 Å². The summed E-state index contributed by atoms with van der Waals surface area (Å²) in [7, 11) is 0. The Morgan fingerprint density at radius 3 is 2.78 bits per heavy atom. The molecule has 1 heterocycles. The predicted molar refractivity (Wildman–Crippen MR) is 77.6 cm³/mol. The standard InChI is InChI=1S/C16H26N2/c1-14(2)11-16-13-18(10-6-9-17-16)12-15-7-4-3-5-8-15/h3-5,7-8,14,16-17H,6,9-13H2,1-2H3. The average molecular weight is 246 g/mol. The van der Waals surface area contributed by atoms with Gasteiger partial charge < -0.3 is 5.32 Å². The van der Waals surface area contributed by atoms with Gasteiger partial charge in [0, 0.05) is 19.1 Å². The highest BCUT2D eigenvalue weighted by Gasteiger charge is 2.18. The molecule has 1 aromatic rings. The fourth-order valence-corrected chi connectivity index (χ4v) is 2.79. The van der Waals surface area contributed by atoms with Crippen molar-refractivity contribution in [1.29, 1.82) is 0 Å². The molecule has 0 aromatic heterocycles. The van der Waals surface area contributed by atoms with Gasteiger partial charge >= 0.3 is 0 Å². The van der Waals surface area contributed by atoms with Gasteiger partial charge in [0.25, 0.3) is 0 Å². The predicted octanol–water partition coefficient (Wildman–Crippen LogP) is 2.90. The number of nitrogens with zero attached hydrogens (tertiary/aromatic N) is 1. The highest BCUT2D eigenvalue weighted by molar-refractivity contribution is 5.14. The Morgan fingerprint density at radius 1 is 1.28 bits per heavy atom. The molecule has 0 spiro atoms. The van der Waals surface area contributed by atoms with Gasteiger partial charge in [0.05, 0.1) is 0 Å². The molecule has 2 rings (SSSR count). The molecule has 1 atom stereocenters. The molecular formula is C16H26N2. The molecule has 1 aliphatic rings. The average Bonchev–Trinajstić information content (AvgIpc) is 2.55. The molecule has 18 heavy (non-hydrogen) atoms. The Kier molecular flexibility index (Phi) is 5.21. The highest BCUT2D eigenvalue weighted by atomic mass is 15.2. The van der Waals surface area contributed by atoms with Crippen molar-refractivity contribution in [2.24, 2.45) is 5.92 Å². The summed E-state index contributed by atoms with van der Waals surface area (Å²) in [6.07, 6.45) is 2.55. The summed E-state index contributed by atoms with van der Waals surface area (Å²) in [5.41, 5.74) is 1.43. The van der Waals surface area contributed by atoms with Crippen LogP contribution in [0.15, 0.2) is 30.3 Å². The molecule has 0 amide bonds. The zero-order chi connectivity index (χ0) is 12.8. The van der Waals surface area contributed by atoms with Crippen molar-refractivity contribution >= 4 is 0 Å². The van der Waals surface area contributed by atoms with Gasteiger partial charge in [-0.05, 0) is 37.4 Å². The van der Waals surface area contributed by atoms with Crippen LogP contribution in [0.2, 0.25) is 0 Å². The fourth-order valence-electron chi connectivity index (χ4n) is 2.79. The molecule has 1 aliphatic heterocycles. The lowest BCUT2D eigenvalue weighted by molar-refractivity contribution is 0.248. The zero-order valence-corrected chi connectivity index (χ0v) is 11.7. The number of hydrogen-bond donors (Lipinski definition) is 1. The first-order chi connectivity index (χ1) is 8.74. The molecule has 0 saturated carbocycles. The Hall–Kier alpha value is -0.860. The monoisotopic (exact) mass is 246 g/mol. The van der Waals surface area contributed by atoms with E-state index >= 15 is 0 Å². The topological polar surface area (TPSA) is 15.3 Å². The first-order valence-electron chi connectivity index (χ1n) is 7.23. The molecule has 1 fully saturated rings. The van der Waals surface area contributed by atoms with Crippen LogP contribution in [0, 0.1) is 5.92 Å². The van der Waals surface area contributed by atoms with Gasteiger partial charge in [-0.1, -0.05) is 44.2 Å². The van der Waals surface area contributed by atoms with E-state index in [9.17, 15) is 0 Å².